The number of ether oxygens (including phenoxy) is 2. The van der Waals surface area contributed by atoms with Crippen LogP contribution in [-0.2, 0) is 22.7 Å². The molecule has 0 spiro atoms. The van der Waals surface area contributed by atoms with E-state index in [1.165, 1.54) is 12.1 Å². The molecule has 22 heavy (non-hydrogen) atoms. The number of carboxylic acid groups (broad SMARTS) is 2. The minimum Gasteiger partial charge on any atom is -0.478 e. The van der Waals surface area contributed by atoms with Crippen LogP contribution in [0.2, 0.25) is 0 Å². The van der Waals surface area contributed by atoms with Crippen LogP contribution in [0.15, 0.2) is 12.1 Å². The first-order valence-corrected chi connectivity index (χ1v) is 6.50. The molecule has 122 valence electrons. The lowest BCUT2D eigenvalue weighted by molar-refractivity contribution is 0.0649. The molecule has 0 amide bonds. The van der Waals surface area contributed by atoms with E-state index in [1.54, 1.807) is 0 Å². The third-order valence-electron chi connectivity index (χ3n) is 2.76. The first-order chi connectivity index (χ1) is 10.5. The summed E-state index contributed by atoms with van der Waals surface area (Å²) in [4.78, 5) is 22.7. The molecule has 0 heterocycles. The molecule has 8 heteroatoms. The van der Waals surface area contributed by atoms with Crippen LogP contribution in [0.5, 0.6) is 0 Å². The molecule has 0 atom stereocenters. The van der Waals surface area contributed by atoms with Crippen molar-refractivity contribution >= 4 is 11.9 Å². The zero-order valence-electron chi connectivity index (χ0n) is 11.8. The number of benzene rings is 1. The molecule has 8 nitrogen and oxygen atoms in total. The lowest BCUT2D eigenvalue weighted by atomic mass is 9.98. The van der Waals surface area contributed by atoms with Crippen molar-refractivity contribution in [3.63, 3.8) is 0 Å². The lowest BCUT2D eigenvalue weighted by Crippen LogP contribution is -2.14. The highest BCUT2D eigenvalue weighted by molar-refractivity contribution is 5.97. The summed E-state index contributed by atoms with van der Waals surface area (Å²) in [6, 6.07) is 2.62. The zero-order valence-corrected chi connectivity index (χ0v) is 11.8. The van der Waals surface area contributed by atoms with E-state index in [0.717, 1.165) is 0 Å². The molecule has 0 aromatic heterocycles. The fraction of sp³-hybridized carbons (Fsp3) is 0.429. The van der Waals surface area contributed by atoms with Crippen LogP contribution < -0.4 is 0 Å². The van der Waals surface area contributed by atoms with Crippen LogP contribution in [0.25, 0.3) is 0 Å². The van der Waals surface area contributed by atoms with Gasteiger partial charge in [0.15, 0.2) is 0 Å². The number of aromatic carboxylic acids is 2. The van der Waals surface area contributed by atoms with Gasteiger partial charge in [-0.3, -0.25) is 0 Å². The Kier molecular flexibility index (Phi) is 7.47. The number of hydrogen-bond acceptors (Lipinski definition) is 6. The molecular weight excluding hydrogens is 296 g/mol. The second-order valence-electron chi connectivity index (χ2n) is 4.33. The maximum Gasteiger partial charge on any atom is 0.336 e. The van der Waals surface area contributed by atoms with Gasteiger partial charge in [0.2, 0.25) is 0 Å². The smallest absolute Gasteiger partial charge is 0.336 e. The Morgan fingerprint density at radius 2 is 1.32 bits per heavy atom. The Hall–Kier alpha value is -2.00. The Bertz CT molecular complexity index is 491. The predicted molar refractivity (Wildman–Crippen MR) is 73.8 cm³/mol. The molecule has 0 aliphatic rings. The first-order valence-electron chi connectivity index (χ1n) is 6.50. The van der Waals surface area contributed by atoms with Crippen LogP contribution in [0.4, 0.5) is 0 Å². The van der Waals surface area contributed by atoms with Crippen molar-refractivity contribution in [3.05, 3.63) is 34.4 Å². The van der Waals surface area contributed by atoms with Gasteiger partial charge in [-0.25, -0.2) is 9.59 Å². The van der Waals surface area contributed by atoms with Gasteiger partial charge in [0, 0.05) is 5.56 Å². The maximum absolute atomic E-state index is 11.3. The summed E-state index contributed by atoms with van der Waals surface area (Å²) >= 11 is 0. The SMILES string of the molecule is O=C(O)c1cc(COCCO)cc(C(=O)O)c1COCCO. The van der Waals surface area contributed by atoms with E-state index in [4.69, 9.17) is 19.7 Å². The van der Waals surface area contributed by atoms with E-state index < -0.39 is 11.9 Å². The molecule has 0 aliphatic heterocycles. The molecule has 0 saturated carbocycles. The average Bonchev–Trinajstić information content (AvgIpc) is 2.47. The van der Waals surface area contributed by atoms with Crippen molar-refractivity contribution in [1.82, 2.24) is 0 Å². The van der Waals surface area contributed by atoms with E-state index in [2.05, 4.69) is 0 Å². The molecule has 0 radical (unpaired) electrons. The minimum atomic E-state index is -1.28. The summed E-state index contributed by atoms with van der Waals surface area (Å²) < 4.78 is 10.1. The minimum absolute atomic E-state index is 0.0150. The third-order valence-corrected chi connectivity index (χ3v) is 2.76. The first kappa shape index (κ1) is 18.1. The number of carboxylic acids is 2. The summed E-state index contributed by atoms with van der Waals surface area (Å²) in [6.45, 7) is -0.658. The van der Waals surface area contributed by atoms with Gasteiger partial charge in [-0.15, -0.1) is 0 Å². The second-order valence-corrected chi connectivity index (χ2v) is 4.33. The number of aliphatic hydroxyl groups is 2. The average molecular weight is 314 g/mol. The summed E-state index contributed by atoms with van der Waals surface area (Å²) in [5.41, 5.74) is 0.00870. The Morgan fingerprint density at radius 1 is 0.864 bits per heavy atom. The Morgan fingerprint density at radius 3 is 1.73 bits per heavy atom. The molecule has 1 aromatic carbocycles. The maximum atomic E-state index is 11.3. The van der Waals surface area contributed by atoms with Gasteiger partial charge in [-0.2, -0.15) is 0 Å². The predicted octanol–water partition coefficient (Wildman–Crippen LogP) is 0.101. The summed E-state index contributed by atoms with van der Waals surface area (Å²) in [5, 5.41) is 35.8. The summed E-state index contributed by atoms with van der Waals surface area (Å²) in [7, 11) is 0. The van der Waals surface area contributed by atoms with Gasteiger partial charge in [-0.05, 0) is 17.7 Å². The van der Waals surface area contributed by atoms with E-state index >= 15 is 0 Å². The summed E-state index contributed by atoms with van der Waals surface area (Å²) in [6.07, 6.45) is 0. The number of aliphatic hydroxyl groups excluding tert-OH is 2. The molecule has 1 rings (SSSR count). The molecular formula is C14H18O8. The van der Waals surface area contributed by atoms with Gasteiger partial charge in [0.25, 0.3) is 0 Å². The Labute approximate surface area is 126 Å². The van der Waals surface area contributed by atoms with Gasteiger partial charge in [-0.1, -0.05) is 0 Å². The molecule has 0 unspecified atom stereocenters. The quantitative estimate of drug-likeness (QED) is 0.447. The van der Waals surface area contributed by atoms with Crippen LogP contribution in [-0.4, -0.2) is 58.8 Å². The van der Waals surface area contributed by atoms with E-state index in [-0.39, 0.29) is 56.3 Å². The van der Waals surface area contributed by atoms with Gasteiger partial charge >= 0.3 is 11.9 Å². The molecule has 0 bridgehead atoms. The van der Waals surface area contributed by atoms with Gasteiger partial charge in [0.1, 0.15) is 0 Å². The fourth-order valence-electron chi connectivity index (χ4n) is 1.85. The number of rotatable bonds is 10. The number of hydrogen-bond donors (Lipinski definition) is 4. The van der Waals surface area contributed by atoms with Crippen molar-refractivity contribution in [2.75, 3.05) is 26.4 Å². The van der Waals surface area contributed by atoms with Crippen molar-refractivity contribution < 1.29 is 39.5 Å². The van der Waals surface area contributed by atoms with Gasteiger partial charge in [0.05, 0.1) is 50.8 Å². The van der Waals surface area contributed by atoms with Crippen molar-refractivity contribution in [2.24, 2.45) is 0 Å². The lowest BCUT2D eigenvalue weighted by Gasteiger charge is -2.13. The Balaban J connectivity index is 3.15. The molecule has 1 aromatic rings. The molecule has 0 saturated heterocycles. The van der Waals surface area contributed by atoms with Crippen molar-refractivity contribution in [3.8, 4) is 0 Å². The highest BCUT2D eigenvalue weighted by Gasteiger charge is 2.20. The zero-order chi connectivity index (χ0) is 16.5. The molecule has 0 aliphatic carbocycles. The highest BCUT2D eigenvalue weighted by Crippen LogP contribution is 2.20. The normalized spacial score (nSPS) is 10.6. The van der Waals surface area contributed by atoms with Crippen molar-refractivity contribution in [1.29, 1.82) is 0 Å². The number of carbonyl (C=O) groups is 2. The molecule has 4 N–H and O–H groups in total. The van der Waals surface area contributed by atoms with Gasteiger partial charge < -0.3 is 29.9 Å². The van der Waals surface area contributed by atoms with Crippen molar-refractivity contribution in [2.45, 2.75) is 13.2 Å². The second kappa shape index (κ2) is 9.11. The van der Waals surface area contributed by atoms with Crippen LogP contribution in [0.3, 0.4) is 0 Å². The van der Waals surface area contributed by atoms with E-state index in [9.17, 15) is 19.8 Å². The molecule has 0 fully saturated rings. The summed E-state index contributed by atoms with van der Waals surface area (Å²) in [5.74, 6) is -2.57. The van der Waals surface area contributed by atoms with Crippen LogP contribution in [0.1, 0.15) is 31.8 Å². The van der Waals surface area contributed by atoms with Crippen LogP contribution >= 0.6 is 0 Å². The van der Waals surface area contributed by atoms with E-state index in [0.29, 0.717) is 5.56 Å². The van der Waals surface area contributed by atoms with E-state index in [1.807, 2.05) is 0 Å². The van der Waals surface area contributed by atoms with Crippen LogP contribution in [0, 0.1) is 0 Å². The monoisotopic (exact) mass is 314 g/mol. The fourth-order valence-corrected chi connectivity index (χ4v) is 1.85. The highest BCUT2D eigenvalue weighted by atomic mass is 16.5. The largest absolute Gasteiger partial charge is 0.478 e. The standard InChI is InChI=1S/C14H18O8/c15-1-3-21-7-9-5-10(13(17)18)12(8-22-4-2-16)11(6-9)14(19)20/h5-6,15-16H,1-4,7-8H2,(H,17,18)(H,19,20). The topological polar surface area (TPSA) is 134 Å². The third kappa shape index (κ3) is 5.08.